The molecular formula is C21H23ClF2O. The standard InChI is InChI=1S/C21H23ClF2O/c1-21(2)8-4-5-17(21)15-9-13(12-22)10-19(24)20(15)16-11-14(25-3)6-7-18(16)23/h6-7,9-11,17H,4-5,8,12H2,1-3H3. The summed E-state index contributed by atoms with van der Waals surface area (Å²) >= 11 is 5.97. The fourth-order valence-corrected chi connectivity index (χ4v) is 4.20. The van der Waals surface area contributed by atoms with Gasteiger partial charge in [0.15, 0.2) is 0 Å². The van der Waals surface area contributed by atoms with Crippen LogP contribution in [-0.2, 0) is 5.88 Å². The highest BCUT2D eigenvalue weighted by Crippen LogP contribution is 2.52. The van der Waals surface area contributed by atoms with E-state index in [2.05, 4.69) is 13.8 Å². The third kappa shape index (κ3) is 3.39. The Hall–Kier alpha value is -1.61. The highest BCUT2D eigenvalue weighted by molar-refractivity contribution is 6.17. The fourth-order valence-electron chi connectivity index (χ4n) is 4.05. The van der Waals surface area contributed by atoms with E-state index in [4.69, 9.17) is 16.3 Å². The van der Waals surface area contributed by atoms with E-state index in [1.165, 1.54) is 19.2 Å². The molecule has 0 spiro atoms. The third-order valence-electron chi connectivity index (χ3n) is 5.41. The highest BCUT2D eigenvalue weighted by atomic mass is 35.5. The predicted octanol–water partition coefficient (Wildman–Crippen LogP) is 6.67. The van der Waals surface area contributed by atoms with Crippen LogP contribution in [0.2, 0.25) is 0 Å². The van der Waals surface area contributed by atoms with Crippen molar-refractivity contribution in [3.05, 3.63) is 53.1 Å². The molecule has 2 aromatic rings. The maximum absolute atomic E-state index is 15.0. The molecule has 0 aliphatic heterocycles. The Morgan fingerprint density at radius 3 is 2.52 bits per heavy atom. The predicted molar refractivity (Wildman–Crippen MR) is 98.3 cm³/mol. The molecule has 1 atom stereocenters. The van der Waals surface area contributed by atoms with Gasteiger partial charge in [-0.25, -0.2) is 8.78 Å². The van der Waals surface area contributed by atoms with Gasteiger partial charge in [-0.3, -0.25) is 0 Å². The Bertz CT molecular complexity index is 786. The van der Waals surface area contributed by atoms with Crippen LogP contribution in [-0.4, -0.2) is 7.11 Å². The van der Waals surface area contributed by atoms with Crippen LogP contribution in [0.15, 0.2) is 30.3 Å². The van der Waals surface area contributed by atoms with Gasteiger partial charge in [0.25, 0.3) is 0 Å². The van der Waals surface area contributed by atoms with E-state index < -0.39 is 11.6 Å². The molecule has 1 unspecified atom stereocenters. The molecule has 1 fully saturated rings. The molecule has 1 aliphatic carbocycles. The van der Waals surface area contributed by atoms with Crippen LogP contribution in [0.4, 0.5) is 8.78 Å². The molecule has 25 heavy (non-hydrogen) atoms. The fraction of sp³-hybridized carbons (Fsp3) is 0.429. The van der Waals surface area contributed by atoms with Crippen LogP contribution >= 0.6 is 11.6 Å². The second-order valence-corrected chi connectivity index (χ2v) is 7.72. The summed E-state index contributed by atoms with van der Waals surface area (Å²) in [5.74, 6) is 0.0378. The molecule has 0 aromatic heterocycles. The lowest BCUT2D eigenvalue weighted by atomic mass is 9.75. The first kappa shape index (κ1) is 18.2. The first-order chi connectivity index (χ1) is 11.9. The molecule has 0 N–H and O–H groups in total. The van der Waals surface area contributed by atoms with Crippen LogP contribution in [0.5, 0.6) is 5.75 Å². The van der Waals surface area contributed by atoms with E-state index in [9.17, 15) is 4.39 Å². The normalized spacial score (nSPS) is 19.2. The lowest BCUT2D eigenvalue weighted by Gasteiger charge is -2.30. The smallest absolute Gasteiger partial charge is 0.131 e. The van der Waals surface area contributed by atoms with Gasteiger partial charge in [0.2, 0.25) is 0 Å². The summed E-state index contributed by atoms with van der Waals surface area (Å²) in [5.41, 5.74) is 2.21. The minimum absolute atomic E-state index is 0.0431. The Kier molecular flexibility index (Phi) is 5.06. The van der Waals surface area contributed by atoms with Crippen molar-refractivity contribution in [1.82, 2.24) is 0 Å². The zero-order chi connectivity index (χ0) is 18.2. The van der Waals surface area contributed by atoms with Crippen molar-refractivity contribution in [2.45, 2.75) is 44.9 Å². The Balaban J connectivity index is 2.26. The zero-order valence-electron chi connectivity index (χ0n) is 14.8. The molecule has 0 amide bonds. The van der Waals surface area contributed by atoms with E-state index in [0.717, 1.165) is 30.4 Å². The maximum atomic E-state index is 15.0. The Morgan fingerprint density at radius 2 is 1.92 bits per heavy atom. The second kappa shape index (κ2) is 6.95. The molecule has 0 radical (unpaired) electrons. The minimum atomic E-state index is -0.449. The van der Waals surface area contributed by atoms with Crippen LogP contribution < -0.4 is 4.74 Å². The molecule has 2 aromatic carbocycles. The molecule has 0 saturated heterocycles. The monoisotopic (exact) mass is 364 g/mol. The first-order valence-electron chi connectivity index (χ1n) is 8.59. The number of halogens is 3. The van der Waals surface area contributed by atoms with Crippen molar-refractivity contribution >= 4 is 11.6 Å². The van der Waals surface area contributed by atoms with Gasteiger partial charge >= 0.3 is 0 Å². The summed E-state index contributed by atoms with van der Waals surface area (Å²) in [6, 6.07) is 7.80. The molecule has 3 rings (SSSR count). The number of benzene rings is 2. The number of hydrogen-bond donors (Lipinski definition) is 0. The number of methoxy groups -OCH3 is 1. The van der Waals surface area contributed by atoms with E-state index in [-0.39, 0.29) is 22.8 Å². The molecule has 0 bridgehead atoms. The largest absolute Gasteiger partial charge is 0.497 e. The van der Waals surface area contributed by atoms with Crippen LogP contribution in [0, 0.1) is 17.0 Å². The van der Waals surface area contributed by atoms with Crippen LogP contribution in [0.3, 0.4) is 0 Å². The van der Waals surface area contributed by atoms with Gasteiger partial charge in [0.05, 0.1) is 7.11 Å². The SMILES string of the molecule is COc1ccc(F)c(-c2c(F)cc(CCl)cc2C2CCCC2(C)C)c1. The number of hydrogen-bond acceptors (Lipinski definition) is 1. The lowest BCUT2D eigenvalue weighted by molar-refractivity contribution is 0.332. The summed E-state index contributed by atoms with van der Waals surface area (Å²) in [4.78, 5) is 0. The van der Waals surface area contributed by atoms with E-state index in [0.29, 0.717) is 11.3 Å². The van der Waals surface area contributed by atoms with Crippen LogP contribution in [0.1, 0.15) is 50.2 Å². The number of ether oxygens (including phenoxy) is 1. The van der Waals surface area contributed by atoms with E-state index in [1.807, 2.05) is 6.07 Å². The zero-order valence-corrected chi connectivity index (χ0v) is 15.6. The van der Waals surface area contributed by atoms with Crippen molar-refractivity contribution in [2.24, 2.45) is 5.41 Å². The van der Waals surface area contributed by atoms with Gasteiger partial charge in [-0.2, -0.15) is 0 Å². The Labute approximate surface area is 153 Å². The van der Waals surface area contributed by atoms with Gasteiger partial charge in [-0.15, -0.1) is 11.6 Å². The molecule has 1 aliphatic rings. The third-order valence-corrected chi connectivity index (χ3v) is 5.72. The summed E-state index contributed by atoms with van der Waals surface area (Å²) in [6.07, 6.45) is 3.13. The quantitative estimate of drug-likeness (QED) is 0.550. The lowest BCUT2D eigenvalue weighted by Crippen LogP contribution is -2.17. The number of rotatable bonds is 4. The van der Waals surface area contributed by atoms with Gasteiger partial charge in [0.1, 0.15) is 17.4 Å². The average Bonchev–Trinajstić information content (AvgIpc) is 2.94. The first-order valence-corrected chi connectivity index (χ1v) is 9.13. The van der Waals surface area contributed by atoms with E-state index in [1.54, 1.807) is 12.1 Å². The van der Waals surface area contributed by atoms with Crippen molar-refractivity contribution in [3.63, 3.8) is 0 Å². The van der Waals surface area contributed by atoms with Crippen molar-refractivity contribution < 1.29 is 13.5 Å². The summed E-state index contributed by atoms with van der Waals surface area (Å²) in [6.45, 7) is 4.39. The van der Waals surface area contributed by atoms with Crippen molar-refractivity contribution in [1.29, 1.82) is 0 Å². The second-order valence-electron chi connectivity index (χ2n) is 7.45. The van der Waals surface area contributed by atoms with Crippen LogP contribution in [0.25, 0.3) is 11.1 Å². The molecule has 1 nitrogen and oxygen atoms in total. The molecule has 4 heteroatoms. The van der Waals surface area contributed by atoms with E-state index >= 15 is 4.39 Å². The van der Waals surface area contributed by atoms with Gasteiger partial charge in [0, 0.05) is 17.0 Å². The highest BCUT2D eigenvalue weighted by Gasteiger charge is 2.37. The average molecular weight is 365 g/mol. The summed E-state index contributed by atoms with van der Waals surface area (Å²) < 4.78 is 34.8. The minimum Gasteiger partial charge on any atom is -0.497 e. The van der Waals surface area contributed by atoms with Gasteiger partial charge in [-0.05, 0) is 59.6 Å². The molecule has 134 valence electrons. The van der Waals surface area contributed by atoms with Gasteiger partial charge in [-0.1, -0.05) is 26.3 Å². The molecule has 0 heterocycles. The van der Waals surface area contributed by atoms with Crippen molar-refractivity contribution in [3.8, 4) is 16.9 Å². The topological polar surface area (TPSA) is 9.23 Å². The number of alkyl halides is 1. The molecular weight excluding hydrogens is 342 g/mol. The van der Waals surface area contributed by atoms with Crippen molar-refractivity contribution in [2.75, 3.05) is 7.11 Å². The summed E-state index contributed by atoms with van der Waals surface area (Å²) in [7, 11) is 1.52. The Morgan fingerprint density at radius 1 is 1.16 bits per heavy atom. The molecule has 1 saturated carbocycles. The maximum Gasteiger partial charge on any atom is 0.131 e. The summed E-state index contributed by atoms with van der Waals surface area (Å²) in [5, 5.41) is 0. The van der Waals surface area contributed by atoms with Gasteiger partial charge < -0.3 is 4.74 Å².